The number of hydrogen-bond acceptors (Lipinski definition) is 0. The van der Waals surface area contributed by atoms with E-state index in [1.54, 1.807) is 0 Å². The van der Waals surface area contributed by atoms with Crippen molar-refractivity contribution in [3.05, 3.63) is 70.7 Å². The lowest BCUT2D eigenvalue weighted by molar-refractivity contribution is 0.785. The van der Waals surface area contributed by atoms with E-state index in [-0.39, 0.29) is 0 Å². The molecule has 0 aliphatic carbocycles. The van der Waals surface area contributed by atoms with E-state index in [1.807, 2.05) is 36.4 Å². The molecule has 21 heavy (non-hydrogen) atoms. The van der Waals surface area contributed by atoms with Crippen LogP contribution in [0, 0.1) is 0 Å². The summed E-state index contributed by atoms with van der Waals surface area (Å²) in [7, 11) is 0. The van der Waals surface area contributed by atoms with Gasteiger partial charge >= 0.3 is 0 Å². The highest BCUT2D eigenvalue weighted by Crippen LogP contribution is 2.43. The van der Waals surface area contributed by atoms with E-state index in [2.05, 4.69) is 35.8 Å². The second kappa shape index (κ2) is 5.97. The van der Waals surface area contributed by atoms with E-state index < -0.39 is 0 Å². The van der Waals surface area contributed by atoms with Crippen molar-refractivity contribution >= 4 is 23.2 Å². The Morgan fingerprint density at radius 3 is 1.43 bits per heavy atom. The van der Waals surface area contributed by atoms with E-state index in [0.29, 0.717) is 10.0 Å². The van der Waals surface area contributed by atoms with Gasteiger partial charge in [-0.05, 0) is 18.1 Å². The number of benzene rings is 2. The highest BCUT2D eigenvalue weighted by Gasteiger charge is 2.21. The van der Waals surface area contributed by atoms with Crippen LogP contribution in [0.25, 0.3) is 22.5 Å². The van der Waals surface area contributed by atoms with Gasteiger partial charge in [-0.1, -0.05) is 83.9 Å². The van der Waals surface area contributed by atoms with Gasteiger partial charge in [0.05, 0.1) is 21.4 Å². The van der Waals surface area contributed by atoms with Gasteiger partial charge in [-0.3, -0.25) is 0 Å². The number of halogens is 2. The van der Waals surface area contributed by atoms with Crippen LogP contribution in [0.2, 0.25) is 10.0 Å². The quantitative estimate of drug-likeness (QED) is 0.546. The molecule has 1 aromatic heterocycles. The van der Waals surface area contributed by atoms with Crippen molar-refractivity contribution in [2.75, 3.05) is 0 Å². The molecular formula is C18H15Cl2N. The van der Waals surface area contributed by atoms with Crippen molar-refractivity contribution in [2.45, 2.75) is 13.5 Å². The van der Waals surface area contributed by atoms with Crippen molar-refractivity contribution in [1.82, 2.24) is 4.57 Å². The first kappa shape index (κ1) is 14.2. The Morgan fingerprint density at radius 1 is 0.714 bits per heavy atom. The highest BCUT2D eigenvalue weighted by molar-refractivity contribution is 6.45. The third kappa shape index (κ3) is 2.48. The molecule has 1 heterocycles. The van der Waals surface area contributed by atoms with Crippen molar-refractivity contribution in [3.63, 3.8) is 0 Å². The Balaban J connectivity index is 2.29. The number of hydrogen-bond donors (Lipinski definition) is 0. The smallest absolute Gasteiger partial charge is 0.0856 e. The summed E-state index contributed by atoms with van der Waals surface area (Å²) in [6, 6.07) is 20.2. The lowest BCUT2D eigenvalue weighted by Crippen LogP contribution is -1.99. The Hall–Kier alpha value is -1.70. The molecule has 0 atom stereocenters. The maximum atomic E-state index is 6.53. The van der Waals surface area contributed by atoms with Gasteiger partial charge < -0.3 is 4.57 Å². The average Bonchev–Trinajstić information content (AvgIpc) is 2.80. The monoisotopic (exact) mass is 315 g/mol. The summed E-state index contributed by atoms with van der Waals surface area (Å²) < 4.78 is 2.18. The zero-order valence-corrected chi connectivity index (χ0v) is 13.2. The molecule has 0 aliphatic rings. The minimum Gasteiger partial charge on any atom is -0.338 e. The van der Waals surface area contributed by atoms with Crippen LogP contribution in [0.5, 0.6) is 0 Å². The molecule has 0 saturated heterocycles. The van der Waals surface area contributed by atoms with Crippen LogP contribution in [-0.2, 0) is 6.54 Å². The van der Waals surface area contributed by atoms with Crippen molar-refractivity contribution in [1.29, 1.82) is 0 Å². The van der Waals surface area contributed by atoms with Gasteiger partial charge in [0.15, 0.2) is 0 Å². The van der Waals surface area contributed by atoms with E-state index >= 15 is 0 Å². The molecule has 0 radical (unpaired) electrons. The summed E-state index contributed by atoms with van der Waals surface area (Å²) >= 11 is 13.1. The van der Waals surface area contributed by atoms with Crippen LogP contribution in [0.4, 0.5) is 0 Å². The molecule has 106 valence electrons. The molecule has 0 aliphatic heterocycles. The summed E-state index contributed by atoms with van der Waals surface area (Å²) in [6.45, 7) is 2.91. The summed E-state index contributed by atoms with van der Waals surface area (Å²) in [5, 5.41) is 1.23. The number of nitrogens with zero attached hydrogens (tertiary/aromatic N) is 1. The molecule has 0 saturated carbocycles. The Bertz CT molecular complexity index is 683. The molecule has 0 N–H and O–H groups in total. The molecule has 0 bridgehead atoms. The zero-order chi connectivity index (χ0) is 14.8. The molecule has 0 fully saturated rings. The van der Waals surface area contributed by atoms with Crippen LogP contribution < -0.4 is 0 Å². The number of aromatic nitrogens is 1. The first-order chi connectivity index (χ1) is 10.2. The van der Waals surface area contributed by atoms with Crippen LogP contribution in [-0.4, -0.2) is 4.57 Å². The predicted octanol–water partition coefficient (Wildman–Crippen LogP) is 6.15. The highest BCUT2D eigenvalue weighted by atomic mass is 35.5. The summed E-state index contributed by atoms with van der Waals surface area (Å²) in [4.78, 5) is 0. The summed E-state index contributed by atoms with van der Waals surface area (Å²) in [5.74, 6) is 0. The normalized spacial score (nSPS) is 10.8. The van der Waals surface area contributed by atoms with Crippen molar-refractivity contribution in [3.8, 4) is 22.5 Å². The fraction of sp³-hybridized carbons (Fsp3) is 0.111. The predicted molar refractivity (Wildman–Crippen MR) is 91.0 cm³/mol. The van der Waals surface area contributed by atoms with E-state index in [9.17, 15) is 0 Å². The largest absolute Gasteiger partial charge is 0.338 e. The van der Waals surface area contributed by atoms with Crippen molar-refractivity contribution in [2.24, 2.45) is 0 Å². The van der Waals surface area contributed by atoms with Crippen LogP contribution in [0.1, 0.15) is 6.92 Å². The van der Waals surface area contributed by atoms with E-state index in [1.165, 1.54) is 0 Å². The lowest BCUT2D eigenvalue weighted by atomic mass is 10.1. The first-order valence-corrected chi connectivity index (χ1v) is 7.68. The molecule has 0 amide bonds. The zero-order valence-electron chi connectivity index (χ0n) is 11.7. The molecular weight excluding hydrogens is 301 g/mol. The fourth-order valence-corrected chi connectivity index (χ4v) is 3.23. The van der Waals surface area contributed by atoms with E-state index in [4.69, 9.17) is 23.2 Å². The van der Waals surface area contributed by atoms with Gasteiger partial charge in [-0.25, -0.2) is 0 Å². The molecule has 0 spiro atoms. The molecule has 1 nitrogen and oxygen atoms in total. The van der Waals surface area contributed by atoms with Gasteiger partial charge in [0.1, 0.15) is 0 Å². The molecule has 3 heteroatoms. The summed E-state index contributed by atoms with van der Waals surface area (Å²) in [6.07, 6.45) is 0. The maximum Gasteiger partial charge on any atom is 0.0856 e. The van der Waals surface area contributed by atoms with Gasteiger partial charge in [-0.2, -0.15) is 0 Å². The van der Waals surface area contributed by atoms with E-state index in [0.717, 1.165) is 29.1 Å². The number of rotatable bonds is 3. The first-order valence-electron chi connectivity index (χ1n) is 6.92. The van der Waals surface area contributed by atoms with Crippen molar-refractivity contribution < 1.29 is 0 Å². The lowest BCUT2D eigenvalue weighted by Gasteiger charge is -2.11. The van der Waals surface area contributed by atoms with Crippen LogP contribution in [0.15, 0.2) is 60.7 Å². The molecule has 2 aromatic carbocycles. The van der Waals surface area contributed by atoms with Gasteiger partial charge in [0, 0.05) is 6.54 Å². The Kier molecular flexibility index (Phi) is 4.05. The van der Waals surface area contributed by atoms with Gasteiger partial charge in [-0.15, -0.1) is 0 Å². The average molecular weight is 316 g/mol. The van der Waals surface area contributed by atoms with Gasteiger partial charge in [0.2, 0.25) is 0 Å². The van der Waals surface area contributed by atoms with Crippen LogP contribution in [0.3, 0.4) is 0 Å². The SMILES string of the molecule is CCn1c(-c2ccccc2)c(Cl)c(Cl)c1-c1ccccc1. The third-order valence-corrected chi connectivity index (χ3v) is 4.39. The fourth-order valence-electron chi connectivity index (χ4n) is 2.63. The molecule has 3 aromatic rings. The molecule has 0 unspecified atom stereocenters. The van der Waals surface area contributed by atoms with Crippen LogP contribution >= 0.6 is 23.2 Å². The Labute approximate surface area is 134 Å². The molecule has 3 rings (SSSR count). The minimum absolute atomic E-state index is 0.614. The van der Waals surface area contributed by atoms with Gasteiger partial charge in [0.25, 0.3) is 0 Å². The topological polar surface area (TPSA) is 4.93 Å². The summed E-state index contributed by atoms with van der Waals surface area (Å²) in [5.41, 5.74) is 4.11. The second-order valence-corrected chi connectivity index (χ2v) is 5.56. The maximum absolute atomic E-state index is 6.53. The minimum atomic E-state index is 0.614. The second-order valence-electron chi connectivity index (χ2n) is 4.80. The third-order valence-electron chi connectivity index (χ3n) is 3.56. The Morgan fingerprint density at radius 2 is 1.10 bits per heavy atom. The standard InChI is InChI=1S/C18H15Cl2N/c1-2-21-17(13-9-5-3-6-10-13)15(19)16(20)18(21)14-11-7-4-8-12-14/h3-12H,2H2,1H3.